The number of hydrogen-bond donors (Lipinski definition) is 2. The van der Waals surface area contributed by atoms with Crippen LogP contribution in [0.1, 0.15) is 35.7 Å². The molecular formula is C23H27N7O. The minimum atomic E-state index is -0.262. The average Bonchev–Trinajstić information content (AvgIpc) is 2.80. The van der Waals surface area contributed by atoms with Gasteiger partial charge in [0.05, 0.1) is 23.1 Å². The van der Waals surface area contributed by atoms with Crippen LogP contribution >= 0.6 is 0 Å². The van der Waals surface area contributed by atoms with Crippen LogP contribution in [0.15, 0.2) is 55.1 Å². The van der Waals surface area contributed by atoms with Crippen LogP contribution in [0.4, 0.5) is 23.0 Å². The number of amides is 1. The summed E-state index contributed by atoms with van der Waals surface area (Å²) in [5.41, 5.74) is 9.27. The summed E-state index contributed by atoms with van der Waals surface area (Å²) in [6, 6.07) is 9.60. The van der Waals surface area contributed by atoms with E-state index in [1.54, 1.807) is 36.9 Å². The van der Waals surface area contributed by atoms with E-state index in [0.29, 0.717) is 11.5 Å². The predicted molar refractivity (Wildman–Crippen MR) is 124 cm³/mol. The molecule has 1 aliphatic rings. The second-order valence-corrected chi connectivity index (χ2v) is 7.86. The first-order valence-electron chi connectivity index (χ1n) is 10.4. The minimum absolute atomic E-state index is 0.220. The highest BCUT2D eigenvalue weighted by atomic mass is 16.1. The van der Waals surface area contributed by atoms with Gasteiger partial charge in [-0.2, -0.15) is 0 Å². The largest absolute Gasteiger partial charge is 0.383 e. The molecule has 4 rings (SSSR count). The van der Waals surface area contributed by atoms with Gasteiger partial charge < -0.3 is 20.9 Å². The van der Waals surface area contributed by atoms with Crippen LogP contribution < -0.4 is 20.9 Å². The van der Waals surface area contributed by atoms with Crippen LogP contribution in [-0.4, -0.2) is 47.0 Å². The smallest absolute Gasteiger partial charge is 0.259 e. The Labute approximate surface area is 182 Å². The summed E-state index contributed by atoms with van der Waals surface area (Å²) in [4.78, 5) is 30.0. The van der Waals surface area contributed by atoms with Gasteiger partial charge in [0.2, 0.25) is 0 Å². The molecule has 31 heavy (non-hydrogen) atoms. The zero-order chi connectivity index (χ0) is 21.8. The van der Waals surface area contributed by atoms with E-state index in [4.69, 9.17) is 5.73 Å². The summed E-state index contributed by atoms with van der Waals surface area (Å²) < 4.78 is 0. The third kappa shape index (κ3) is 4.58. The number of carbonyl (C=O) groups is 1. The van der Waals surface area contributed by atoms with Crippen molar-refractivity contribution in [1.82, 2.24) is 15.0 Å². The van der Waals surface area contributed by atoms with Gasteiger partial charge in [-0.15, -0.1) is 0 Å². The lowest BCUT2D eigenvalue weighted by Crippen LogP contribution is -2.47. The summed E-state index contributed by atoms with van der Waals surface area (Å²) >= 11 is 0. The summed E-state index contributed by atoms with van der Waals surface area (Å²) in [5.74, 6) is 1.23. The van der Waals surface area contributed by atoms with E-state index in [-0.39, 0.29) is 11.7 Å². The van der Waals surface area contributed by atoms with Gasteiger partial charge in [-0.05, 0) is 35.7 Å². The zero-order valence-corrected chi connectivity index (χ0v) is 17.8. The number of pyridine rings is 1. The number of benzene rings is 1. The molecule has 3 aromatic rings. The molecule has 0 radical (unpaired) electrons. The number of aromatic nitrogens is 3. The number of anilines is 4. The van der Waals surface area contributed by atoms with Gasteiger partial charge in [-0.1, -0.05) is 19.9 Å². The molecule has 8 heteroatoms. The molecule has 1 aliphatic heterocycles. The van der Waals surface area contributed by atoms with E-state index in [9.17, 15) is 4.79 Å². The molecule has 0 aliphatic carbocycles. The molecule has 8 nitrogen and oxygen atoms in total. The number of rotatable bonds is 5. The average molecular weight is 418 g/mol. The highest BCUT2D eigenvalue weighted by Crippen LogP contribution is 2.32. The first-order valence-corrected chi connectivity index (χ1v) is 10.4. The number of hydrogen-bond acceptors (Lipinski definition) is 7. The fraction of sp³-hybridized carbons (Fsp3) is 0.304. The Hall–Kier alpha value is -3.68. The first-order chi connectivity index (χ1) is 15.0. The lowest BCUT2D eigenvalue weighted by molar-refractivity contribution is 0.102. The SMILES string of the molecule is CC(C)c1ccc(NC(=O)c2cccnc2N)c(N2CCN(c3cnccn3)CC2)c1. The molecule has 0 atom stereocenters. The topological polar surface area (TPSA) is 100 Å². The number of nitrogens with two attached hydrogens (primary N) is 1. The van der Waals surface area contributed by atoms with Crippen molar-refractivity contribution in [1.29, 1.82) is 0 Å². The second kappa shape index (κ2) is 8.99. The number of nitrogen functional groups attached to an aromatic ring is 1. The van der Waals surface area contributed by atoms with Crippen LogP contribution in [0, 0.1) is 0 Å². The summed E-state index contributed by atoms with van der Waals surface area (Å²) in [5, 5.41) is 3.04. The highest BCUT2D eigenvalue weighted by Gasteiger charge is 2.22. The van der Waals surface area contributed by atoms with Crippen LogP contribution in [0.5, 0.6) is 0 Å². The molecule has 0 saturated carbocycles. The predicted octanol–water partition coefficient (Wildman–Crippen LogP) is 3.16. The first kappa shape index (κ1) is 20.6. The van der Waals surface area contributed by atoms with E-state index in [1.807, 2.05) is 6.07 Å². The maximum absolute atomic E-state index is 12.9. The Kier molecular flexibility index (Phi) is 5.97. The molecule has 0 spiro atoms. The van der Waals surface area contributed by atoms with Crippen LogP contribution in [0.3, 0.4) is 0 Å². The van der Waals surface area contributed by atoms with Crippen molar-refractivity contribution < 1.29 is 4.79 Å². The molecule has 3 heterocycles. The summed E-state index contributed by atoms with van der Waals surface area (Å²) in [6.45, 7) is 7.62. The minimum Gasteiger partial charge on any atom is -0.383 e. The summed E-state index contributed by atoms with van der Waals surface area (Å²) in [6.07, 6.45) is 6.76. The Bertz CT molecular complexity index is 1050. The van der Waals surface area contributed by atoms with Crippen LogP contribution in [-0.2, 0) is 0 Å². The van der Waals surface area contributed by atoms with Crippen molar-refractivity contribution in [2.24, 2.45) is 0 Å². The summed E-state index contributed by atoms with van der Waals surface area (Å²) in [7, 11) is 0. The lowest BCUT2D eigenvalue weighted by Gasteiger charge is -2.37. The van der Waals surface area contributed by atoms with Gasteiger partial charge in [0.15, 0.2) is 0 Å². The standard InChI is InChI=1S/C23H27N7O/c1-16(2)17-5-6-19(28-23(31)18-4-3-7-27-22(18)24)20(14-17)29-10-12-30(13-11-29)21-15-25-8-9-26-21/h3-9,14-16H,10-13H2,1-2H3,(H2,24,27)(H,28,31). The van der Waals surface area contributed by atoms with Crippen molar-refractivity contribution in [2.75, 3.05) is 47.0 Å². The van der Waals surface area contributed by atoms with Crippen LogP contribution in [0.2, 0.25) is 0 Å². The molecule has 1 saturated heterocycles. The van der Waals surface area contributed by atoms with E-state index in [2.05, 4.69) is 56.0 Å². The normalized spacial score (nSPS) is 14.0. The van der Waals surface area contributed by atoms with Crippen molar-refractivity contribution in [3.05, 3.63) is 66.2 Å². The Balaban J connectivity index is 1.57. The number of nitrogens with one attached hydrogen (secondary N) is 1. The molecule has 1 amide bonds. The van der Waals surface area contributed by atoms with Gasteiger partial charge in [-0.3, -0.25) is 9.78 Å². The van der Waals surface area contributed by atoms with Gasteiger partial charge in [0.1, 0.15) is 11.6 Å². The second-order valence-electron chi connectivity index (χ2n) is 7.86. The van der Waals surface area contributed by atoms with E-state index >= 15 is 0 Å². The maximum atomic E-state index is 12.9. The number of piperazine rings is 1. The molecule has 0 unspecified atom stereocenters. The van der Waals surface area contributed by atoms with Crippen molar-refractivity contribution in [2.45, 2.75) is 19.8 Å². The van der Waals surface area contributed by atoms with Gasteiger partial charge >= 0.3 is 0 Å². The van der Waals surface area contributed by atoms with Gasteiger partial charge in [0.25, 0.3) is 5.91 Å². The molecule has 1 fully saturated rings. The van der Waals surface area contributed by atoms with Crippen molar-refractivity contribution in [3.8, 4) is 0 Å². The quantitative estimate of drug-likeness (QED) is 0.658. The molecule has 2 aromatic heterocycles. The third-order valence-corrected chi connectivity index (χ3v) is 5.51. The third-order valence-electron chi connectivity index (χ3n) is 5.51. The van der Waals surface area contributed by atoms with E-state index in [0.717, 1.165) is 43.4 Å². The molecule has 160 valence electrons. The fourth-order valence-electron chi connectivity index (χ4n) is 3.71. The Morgan fingerprint density at radius 1 is 1.03 bits per heavy atom. The monoisotopic (exact) mass is 417 g/mol. The van der Waals surface area contributed by atoms with Gasteiger partial charge in [0, 0.05) is 44.8 Å². The Morgan fingerprint density at radius 2 is 1.81 bits per heavy atom. The fourth-order valence-corrected chi connectivity index (χ4v) is 3.71. The van der Waals surface area contributed by atoms with E-state index in [1.165, 1.54) is 5.56 Å². The molecule has 3 N–H and O–H groups in total. The lowest BCUT2D eigenvalue weighted by atomic mass is 10.0. The number of carbonyl (C=O) groups excluding carboxylic acids is 1. The molecule has 0 bridgehead atoms. The van der Waals surface area contributed by atoms with Crippen molar-refractivity contribution in [3.63, 3.8) is 0 Å². The van der Waals surface area contributed by atoms with Gasteiger partial charge in [-0.25, -0.2) is 9.97 Å². The van der Waals surface area contributed by atoms with Crippen molar-refractivity contribution >= 4 is 28.9 Å². The van der Waals surface area contributed by atoms with Crippen LogP contribution in [0.25, 0.3) is 0 Å². The molecule has 1 aromatic carbocycles. The van der Waals surface area contributed by atoms with E-state index < -0.39 is 0 Å². The Morgan fingerprint density at radius 3 is 2.48 bits per heavy atom. The highest BCUT2D eigenvalue weighted by molar-refractivity contribution is 6.08. The zero-order valence-electron chi connectivity index (χ0n) is 17.8. The molecular weight excluding hydrogens is 390 g/mol. The number of nitrogens with zero attached hydrogens (tertiary/aromatic N) is 5. The maximum Gasteiger partial charge on any atom is 0.259 e.